The Morgan fingerprint density at radius 2 is 1.96 bits per heavy atom. The highest BCUT2D eigenvalue weighted by Gasteiger charge is 2.20. The van der Waals surface area contributed by atoms with Crippen LogP contribution in [0.5, 0.6) is 0 Å². The molecule has 1 saturated heterocycles. The van der Waals surface area contributed by atoms with Crippen molar-refractivity contribution < 1.29 is 9.90 Å². The summed E-state index contributed by atoms with van der Waals surface area (Å²) >= 11 is 0. The van der Waals surface area contributed by atoms with Crippen molar-refractivity contribution in [2.24, 2.45) is 0 Å². The van der Waals surface area contributed by atoms with Gasteiger partial charge in [0.25, 0.3) is 0 Å². The second kappa shape index (κ2) is 7.04. The van der Waals surface area contributed by atoms with E-state index in [-0.39, 0.29) is 0 Å². The molecule has 0 spiro atoms. The quantitative estimate of drug-likeness (QED) is 0.841. The summed E-state index contributed by atoms with van der Waals surface area (Å²) in [6.45, 7) is 3.60. The minimum Gasteiger partial charge on any atom is -0.465 e. The number of rotatable bonds is 3. The molecular weight excluding hydrogens is 290 g/mol. The highest BCUT2D eigenvalue weighted by Crippen LogP contribution is 2.31. The molecule has 1 heterocycles. The Hall–Kier alpha value is -2.01. The maximum absolute atomic E-state index is 11.0. The predicted octanol–water partition coefficient (Wildman–Crippen LogP) is 3.02. The Balaban J connectivity index is 1.67. The van der Waals surface area contributed by atoms with Crippen LogP contribution >= 0.6 is 0 Å². The zero-order chi connectivity index (χ0) is 16.2. The van der Waals surface area contributed by atoms with Gasteiger partial charge in [-0.3, -0.25) is 4.90 Å². The van der Waals surface area contributed by atoms with Crippen LogP contribution in [0.15, 0.2) is 24.3 Å². The van der Waals surface area contributed by atoms with E-state index < -0.39 is 6.09 Å². The highest BCUT2D eigenvalue weighted by atomic mass is 16.4. The van der Waals surface area contributed by atoms with Gasteiger partial charge in [-0.15, -0.1) is 0 Å². The number of piperazine rings is 1. The van der Waals surface area contributed by atoms with Crippen LogP contribution in [0.1, 0.15) is 36.8 Å². The van der Waals surface area contributed by atoms with Gasteiger partial charge in [-0.2, -0.15) is 0 Å². The van der Waals surface area contributed by atoms with Crippen molar-refractivity contribution in [1.29, 1.82) is 0 Å². The van der Waals surface area contributed by atoms with Crippen LogP contribution in [0.4, 0.5) is 10.5 Å². The second-order valence-electron chi connectivity index (χ2n) is 6.44. The molecule has 1 fully saturated rings. The number of nitrogens with zero attached hydrogens (tertiary/aromatic N) is 2. The maximum atomic E-state index is 11.0. The number of allylic oxidation sites excluding steroid dienone is 2. The van der Waals surface area contributed by atoms with Gasteiger partial charge in [0.05, 0.1) is 0 Å². The number of benzene rings is 1. The van der Waals surface area contributed by atoms with Gasteiger partial charge in [0.1, 0.15) is 0 Å². The van der Waals surface area contributed by atoms with Crippen LogP contribution in [0.3, 0.4) is 0 Å². The Morgan fingerprint density at radius 3 is 2.61 bits per heavy atom. The van der Waals surface area contributed by atoms with Crippen LogP contribution in [-0.4, -0.2) is 47.2 Å². The minimum atomic E-state index is -0.816. The molecule has 3 N–H and O–H groups in total. The average Bonchev–Trinajstić information content (AvgIpc) is 2.58. The molecule has 0 unspecified atom stereocenters. The Morgan fingerprint density at radius 1 is 1.17 bits per heavy atom. The monoisotopic (exact) mass is 315 g/mol. The van der Waals surface area contributed by atoms with Crippen molar-refractivity contribution in [2.45, 2.75) is 32.2 Å². The molecule has 0 bridgehead atoms. The van der Waals surface area contributed by atoms with Gasteiger partial charge in [-0.1, -0.05) is 12.1 Å². The molecule has 0 radical (unpaired) electrons. The van der Waals surface area contributed by atoms with Crippen molar-refractivity contribution in [2.75, 3.05) is 31.9 Å². The van der Waals surface area contributed by atoms with Gasteiger partial charge in [0, 0.05) is 44.0 Å². The lowest BCUT2D eigenvalue weighted by Gasteiger charge is -2.33. The first kappa shape index (κ1) is 15.9. The Bertz CT molecular complexity index is 604. The van der Waals surface area contributed by atoms with E-state index in [1.54, 1.807) is 0 Å². The number of nitrogen functional groups attached to an aromatic ring is 1. The molecule has 3 rings (SSSR count). The molecule has 1 amide bonds. The number of anilines is 1. The van der Waals surface area contributed by atoms with E-state index >= 15 is 0 Å². The van der Waals surface area contributed by atoms with E-state index in [1.807, 2.05) is 6.07 Å². The molecule has 1 aromatic rings. The Kier molecular flexibility index (Phi) is 4.86. The minimum absolute atomic E-state index is 0.586. The molecule has 1 aliphatic carbocycles. The van der Waals surface area contributed by atoms with E-state index in [0.717, 1.165) is 38.2 Å². The summed E-state index contributed by atoms with van der Waals surface area (Å²) in [6, 6.07) is 6.31. The molecule has 124 valence electrons. The summed E-state index contributed by atoms with van der Waals surface area (Å²) in [5.74, 6) is 0. The summed E-state index contributed by atoms with van der Waals surface area (Å²) in [7, 11) is 0. The molecule has 5 heteroatoms. The third kappa shape index (κ3) is 3.85. The molecule has 0 saturated carbocycles. The lowest BCUT2D eigenvalue weighted by atomic mass is 9.91. The maximum Gasteiger partial charge on any atom is 0.407 e. The summed E-state index contributed by atoms with van der Waals surface area (Å²) in [6.07, 6.45) is 6.29. The van der Waals surface area contributed by atoms with Crippen LogP contribution in [0.2, 0.25) is 0 Å². The van der Waals surface area contributed by atoms with Crippen LogP contribution in [-0.2, 0) is 6.54 Å². The van der Waals surface area contributed by atoms with Crippen molar-refractivity contribution in [1.82, 2.24) is 9.80 Å². The van der Waals surface area contributed by atoms with Crippen molar-refractivity contribution in [3.05, 3.63) is 35.4 Å². The summed E-state index contributed by atoms with van der Waals surface area (Å²) in [5, 5.41) is 9.01. The van der Waals surface area contributed by atoms with E-state index in [0.29, 0.717) is 13.1 Å². The lowest BCUT2D eigenvalue weighted by molar-refractivity contribution is 0.103. The molecular formula is C18H25N3O2. The van der Waals surface area contributed by atoms with Crippen LogP contribution in [0, 0.1) is 0 Å². The first-order valence-electron chi connectivity index (χ1n) is 8.41. The van der Waals surface area contributed by atoms with E-state index in [9.17, 15) is 4.79 Å². The zero-order valence-electron chi connectivity index (χ0n) is 13.5. The van der Waals surface area contributed by atoms with Gasteiger partial charge >= 0.3 is 6.09 Å². The van der Waals surface area contributed by atoms with Crippen molar-refractivity contribution in [3.8, 4) is 0 Å². The van der Waals surface area contributed by atoms with E-state index in [2.05, 4.69) is 23.1 Å². The van der Waals surface area contributed by atoms with Gasteiger partial charge in [0.2, 0.25) is 0 Å². The largest absolute Gasteiger partial charge is 0.465 e. The standard InChI is InChI=1S/C18H25N3O2/c19-17-7-6-14(12-16(17)15-4-2-1-3-5-15)13-20-8-10-21(11-9-20)18(22)23/h4,6-7,12H,1-3,5,8-11,13,19H2,(H,22,23). The normalized spacial score (nSPS) is 19.5. The molecule has 23 heavy (non-hydrogen) atoms. The van der Waals surface area contributed by atoms with Crippen molar-refractivity contribution >= 4 is 17.4 Å². The molecule has 0 aromatic heterocycles. The molecule has 1 aliphatic heterocycles. The third-order valence-electron chi connectivity index (χ3n) is 4.80. The summed E-state index contributed by atoms with van der Waals surface area (Å²) in [5.41, 5.74) is 10.9. The van der Waals surface area contributed by atoms with Gasteiger partial charge in [-0.25, -0.2) is 4.79 Å². The van der Waals surface area contributed by atoms with Gasteiger partial charge in [0.15, 0.2) is 0 Å². The fourth-order valence-corrected chi connectivity index (χ4v) is 3.42. The number of hydrogen-bond acceptors (Lipinski definition) is 3. The first-order chi connectivity index (χ1) is 11.1. The number of amides is 1. The molecule has 1 aromatic carbocycles. The average molecular weight is 315 g/mol. The highest BCUT2D eigenvalue weighted by molar-refractivity contribution is 5.76. The Labute approximate surface area is 137 Å². The fourth-order valence-electron chi connectivity index (χ4n) is 3.42. The van der Waals surface area contributed by atoms with E-state index in [1.165, 1.54) is 34.4 Å². The van der Waals surface area contributed by atoms with Crippen LogP contribution < -0.4 is 5.73 Å². The molecule has 2 aliphatic rings. The van der Waals surface area contributed by atoms with Crippen molar-refractivity contribution in [3.63, 3.8) is 0 Å². The fraction of sp³-hybridized carbons (Fsp3) is 0.500. The number of nitrogens with two attached hydrogens (primary N) is 1. The third-order valence-corrected chi connectivity index (χ3v) is 4.80. The summed E-state index contributed by atoms with van der Waals surface area (Å²) < 4.78 is 0. The first-order valence-corrected chi connectivity index (χ1v) is 8.41. The lowest BCUT2D eigenvalue weighted by Crippen LogP contribution is -2.47. The topological polar surface area (TPSA) is 69.8 Å². The van der Waals surface area contributed by atoms with Gasteiger partial charge < -0.3 is 15.7 Å². The number of hydrogen-bond donors (Lipinski definition) is 2. The number of carbonyl (C=O) groups is 1. The molecule has 5 nitrogen and oxygen atoms in total. The van der Waals surface area contributed by atoms with E-state index in [4.69, 9.17) is 10.8 Å². The second-order valence-corrected chi connectivity index (χ2v) is 6.44. The predicted molar refractivity (Wildman–Crippen MR) is 92.2 cm³/mol. The van der Waals surface area contributed by atoms with Crippen LogP contribution in [0.25, 0.3) is 5.57 Å². The summed E-state index contributed by atoms with van der Waals surface area (Å²) in [4.78, 5) is 14.8. The smallest absolute Gasteiger partial charge is 0.407 e. The number of carboxylic acid groups (broad SMARTS) is 1. The zero-order valence-corrected chi connectivity index (χ0v) is 13.5. The van der Waals surface area contributed by atoms with Gasteiger partial charge in [-0.05, 0) is 49.0 Å². The SMILES string of the molecule is Nc1ccc(CN2CCN(C(=O)O)CC2)cc1C1=CCCCC1. The molecule has 0 atom stereocenters.